The molecule has 0 aliphatic carbocycles. The van der Waals surface area contributed by atoms with Crippen LogP contribution in [0.2, 0.25) is 0 Å². The maximum Gasteiger partial charge on any atom is 0.191 e. The molecule has 8 heteroatoms. The minimum atomic E-state index is 0. The van der Waals surface area contributed by atoms with Crippen LogP contribution in [0.5, 0.6) is 0 Å². The number of halogens is 1. The highest BCUT2D eigenvalue weighted by molar-refractivity contribution is 14.0. The van der Waals surface area contributed by atoms with Crippen LogP contribution >= 0.6 is 35.3 Å². The Morgan fingerprint density at radius 3 is 2.63 bits per heavy atom. The van der Waals surface area contributed by atoms with Gasteiger partial charge in [0, 0.05) is 50.3 Å². The van der Waals surface area contributed by atoms with E-state index in [1.807, 2.05) is 7.05 Å². The van der Waals surface area contributed by atoms with Crippen LogP contribution in [0.3, 0.4) is 0 Å². The van der Waals surface area contributed by atoms with Gasteiger partial charge >= 0.3 is 0 Å². The van der Waals surface area contributed by atoms with Crippen molar-refractivity contribution >= 4 is 41.3 Å². The fourth-order valence-electron chi connectivity index (χ4n) is 3.24. The van der Waals surface area contributed by atoms with E-state index in [2.05, 4.69) is 51.7 Å². The number of aromatic nitrogens is 1. The molecular weight excluding hydrogens is 473 g/mol. The number of thiazole rings is 1. The number of morpholine rings is 1. The van der Waals surface area contributed by atoms with Gasteiger partial charge in [-0.05, 0) is 32.1 Å². The Bertz CT molecular complexity index is 546. The summed E-state index contributed by atoms with van der Waals surface area (Å²) in [6.45, 7) is 12.2. The molecule has 1 fully saturated rings. The van der Waals surface area contributed by atoms with Crippen LogP contribution in [0.4, 0.5) is 0 Å². The van der Waals surface area contributed by atoms with Crippen LogP contribution in [0, 0.1) is 12.8 Å². The lowest BCUT2D eigenvalue weighted by atomic mass is 10.0. The smallest absolute Gasteiger partial charge is 0.191 e. The van der Waals surface area contributed by atoms with Gasteiger partial charge in [0.15, 0.2) is 5.96 Å². The number of hydrogen-bond donors (Lipinski definition) is 2. The number of guanidine groups is 1. The van der Waals surface area contributed by atoms with E-state index in [4.69, 9.17) is 4.74 Å². The second-order valence-electron chi connectivity index (χ2n) is 7.18. The van der Waals surface area contributed by atoms with E-state index < -0.39 is 0 Å². The number of nitrogens with zero attached hydrogens (tertiary/aromatic N) is 3. The minimum Gasteiger partial charge on any atom is -0.379 e. The second-order valence-corrected chi connectivity index (χ2v) is 8.12. The first-order valence-corrected chi connectivity index (χ1v) is 10.7. The van der Waals surface area contributed by atoms with E-state index in [1.165, 1.54) is 5.01 Å². The molecule has 1 unspecified atom stereocenters. The Morgan fingerprint density at radius 2 is 2.04 bits per heavy atom. The topological polar surface area (TPSA) is 61.8 Å². The fourth-order valence-corrected chi connectivity index (χ4v) is 4.06. The number of aryl methyl sites for hydroxylation is 2. The molecule has 1 aliphatic rings. The summed E-state index contributed by atoms with van der Waals surface area (Å²) >= 11 is 1.76. The molecule has 1 aliphatic heterocycles. The van der Waals surface area contributed by atoms with Gasteiger partial charge in [0.25, 0.3) is 0 Å². The second kappa shape index (κ2) is 13.7. The van der Waals surface area contributed by atoms with Gasteiger partial charge in [-0.25, -0.2) is 4.98 Å². The van der Waals surface area contributed by atoms with E-state index in [0.717, 1.165) is 70.3 Å². The van der Waals surface area contributed by atoms with Crippen molar-refractivity contribution in [3.63, 3.8) is 0 Å². The molecule has 0 radical (unpaired) electrons. The molecule has 6 nitrogen and oxygen atoms in total. The van der Waals surface area contributed by atoms with E-state index in [1.54, 1.807) is 11.3 Å². The molecule has 156 valence electrons. The zero-order chi connectivity index (χ0) is 18.8. The normalized spacial score (nSPS) is 16.9. The minimum absolute atomic E-state index is 0. The summed E-state index contributed by atoms with van der Waals surface area (Å²) in [6.07, 6.45) is 3.34. The third-order valence-electron chi connectivity index (χ3n) is 4.76. The largest absolute Gasteiger partial charge is 0.379 e. The van der Waals surface area contributed by atoms with Gasteiger partial charge in [0.2, 0.25) is 0 Å². The molecular formula is C19H36IN5OS. The van der Waals surface area contributed by atoms with Crippen LogP contribution in [0.15, 0.2) is 10.4 Å². The molecule has 2 N–H and O–H groups in total. The summed E-state index contributed by atoms with van der Waals surface area (Å²) in [5, 5.41) is 10.3. The number of ether oxygens (including phenoxy) is 1. The van der Waals surface area contributed by atoms with E-state index >= 15 is 0 Å². The van der Waals surface area contributed by atoms with Crippen molar-refractivity contribution in [3.05, 3.63) is 16.1 Å². The monoisotopic (exact) mass is 509 g/mol. The van der Waals surface area contributed by atoms with Gasteiger partial charge in [0.1, 0.15) is 0 Å². The van der Waals surface area contributed by atoms with E-state index in [9.17, 15) is 0 Å². The Hall–Kier alpha value is -0.450. The number of rotatable bonds is 9. The van der Waals surface area contributed by atoms with Crippen molar-refractivity contribution in [2.45, 2.75) is 46.1 Å². The molecule has 0 spiro atoms. The quantitative estimate of drug-likeness (QED) is 0.232. The molecule has 27 heavy (non-hydrogen) atoms. The molecule has 0 amide bonds. The molecule has 1 aromatic rings. The molecule has 1 atom stereocenters. The first-order valence-electron chi connectivity index (χ1n) is 9.77. The summed E-state index contributed by atoms with van der Waals surface area (Å²) < 4.78 is 5.48. The molecule has 1 aromatic heterocycles. The van der Waals surface area contributed by atoms with Crippen molar-refractivity contribution in [1.82, 2.24) is 20.5 Å². The molecule has 0 saturated carbocycles. The van der Waals surface area contributed by atoms with Gasteiger partial charge < -0.3 is 15.4 Å². The Morgan fingerprint density at radius 1 is 1.30 bits per heavy atom. The SMILES string of the molecule is CN=C(NCCCCc1nc(C)cs1)NCC(C(C)C)N1CCOCC1.I. The van der Waals surface area contributed by atoms with Crippen LogP contribution in [-0.4, -0.2) is 68.3 Å². The fraction of sp³-hybridized carbons (Fsp3) is 0.789. The Balaban J connectivity index is 0.00000364. The highest BCUT2D eigenvalue weighted by atomic mass is 127. The zero-order valence-electron chi connectivity index (χ0n) is 17.2. The Labute approximate surface area is 185 Å². The third-order valence-corrected chi connectivity index (χ3v) is 5.79. The average molecular weight is 510 g/mol. The summed E-state index contributed by atoms with van der Waals surface area (Å²) in [6, 6.07) is 0.505. The van der Waals surface area contributed by atoms with Gasteiger partial charge in [-0.2, -0.15) is 0 Å². The van der Waals surface area contributed by atoms with E-state index in [-0.39, 0.29) is 24.0 Å². The van der Waals surface area contributed by atoms with Crippen LogP contribution in [0.1, 0.15) is 37.4 Å². The lowest BCUT2D eigenvalue weighted by molar-refractivity contribution is 0.00752. The molecule has 0 aromatic carbocycles. The van der Waals surface area contributed by atoms with Gasteiger partial charge in [0.05, 0.1) is 18.2 Å². The average Bonchev–Trinajstić information content (AvgIpc) is 3.05. The first-order chi connectivity index (χ1) is 12.6. The number of nitrogens with one attached hydrogen (secondary N) is 2. The van der Waals surface area contributed by atoms with Crippen LogP contribution in [-0.2, 0) is 11.2 Å². The molecule has 2 rings (SSSR count). The van der Waals surface area contributed by atoms with Gasteiger partial charge in [-0.15, -0.1) is 35.3 Å². The molecule has 1 saturated heterocycles. The van der Waals surface area contributed by atoms with Crippen molar-refractivity contribution in [1.29, 1.82) is 0 Å². The lowest BCUT2D eigenvalue weighted by Gasteiger charge is -2.37. The molecule has 2 heterocycles. The first kappa shape index (κ1) is 24.6. The maximum absolute atomic E-state index is 5.48. The van der Waals surface area contributed by atoms with E-state index in [0.29, 0.717) is 12.0 Å². The summed E-state index contributed by atoms with van der Waals surface area (Å²) in [5.41, 5.74) is 1.13. The van der Waals surface area contributed by atoms with Crippen LogP contribution in [0.25, 0.3) is 0 Å². The summed E-state index contributed by atoms with van der Waals surface area (Å²) in [4.78, 5) is 11.4. The maximum atomic E-state index is 5.48. The highest BCUT2D eigenvalue weighted by Gasteiger charge is 2.23. The standard InChI is InChI=1S/C19H35N5OS.HI/c1-15(2)17(24-9-11-25-12-10-24)13-22-19(20-4)21-8-6-5-7-18-23-16(3)14-26-18;/h14-15,17H,5-13H2,1-4H3,(H2,20,21,22);1H. The summed E-state index contributed by atoms with van der Waals surface area (Å²) in [7, 11) is 1.84. The predicted molar refractivity (Wildman–Crippen MR) is 126 cm³/mol. The van der Waals surface area contributed by atoms with Crippen molar-refractivity contribution in [3.8, 4) is 0 Å². The lowest BCUT2D eigenvalue weighted by Crippen LogP contribution is -2.52. The third kappa shape index (κ3) is 9.06. The van der Waals surface area contributed by atoms with Crippen molar-refractivity contribution < 1.29 is 4.74 Å². The summed E-state index contributed by atoms with van der Waals surface area (Å²) in [5.74, 6) is 1.49. The predicted octanol–water partition coefficient (Wildman–Crippen LogP) is 2.91. The highest BCUT2D eigenvalue weighted by Crippen LogP contribution is 2.13. The van der Waals surface area contributed by atoms with Gasteiger partial charge in [-0.3, -0.25) is 9.89 Å². The van der Waals surface area contributed by atoms with Crippen molar-refractivity contribution in [2.24, 2.45) is 10.9 Å². The number of aliphatic imine (C=N–C) groups is 1. The zero-order valence-corrected chi connectivity index (χ0v) is 20.3. The number of unbranched alkanes of at least 4 members (excludes halogenated alkanes) is 1. The van der Waals surface area contributed by atoms with Crippen LogP contribution < -0.4 is 10.6 Å². The van der Waals surface area contributed by atoms with Gasteiger partial charge in [-0.1, -0.05) is 13.8 Å². The van der Waals surface area contributed by atoms with Crippen molar-refractivity contribution in [2.75, 3.05) is 46.4 Å². The molecule has 0 bridgehead atoms. The number of hydrogen-bond acceptors (Lipinski definition) is 5. The Kier molecular flexibility index (Phi) is 12.5.